The standard InChI is InChI=1S/C12H16ClNO3S/c1-8(14)11-6-9(13)2-3-12(11)17-10-4-5-18(15,16)7-10/h2-3,6,8,10H,4-5,7,14H2,1H3/t8-,10?/m0/s1. The van der Waals surface area contributed by atoms with Crippen LogP contribution in [-0.2, 0) is 9.84 Å². The van der Waals surface area contributed by atoms with Gasteiger partial charge in [-0.05, 0) is 31.5 Å². The summed E-state index contributed by atoms with van der Waals surface area (Å²) in [6.45, 7) is 1.84. The molecule has 0 radical (unpaired) electrons. The maximum atomic E-state index is 11.4. The summed E-state index contributed by atoms with van der Waals surface area (Å²) in [6.07, 6.45) is 0.247. The van der Waals surface area contributed by atoms with Crippen LogP contribution in [0.1, 0.15) is 24.9 Å². The molecule has 1 unspecified atom stereocenters. The van der Waals surface area contributed by atoms with E-state index in [2.05, 4.69) is 0 Å². The molecule has 0 aliphatic carbocycles. The number of hydrogen-bond donors (Lipinski definition) is 1. The molecule has 1 heterocycles. The first kappa shape index (κ1) is 13.6. The fourth-order valence-electron chi connectivity index (χ4n) is 2.02. The first-order valence-corrected chi connectivity index (χ1v) is 7.99. The normalized spacial score (nSPS) is 23.8. The van der Waals surface area contributed by atoms with Crippen molar-refractivity contribution in [2.24, 2.45) is 5.73 Å². The molecule has 4 nitrogen and oxygen atoms in total. The van der Waals surface area contributed by atoms with Gasteiger partial charge in [-0.25, -0.2) is 8.42 Å². The van der Waals surface area contributed by atoms with E-state index in [1.165, 1.54) is 0 Å². The molecule has 100 valence electrons. The van der Waals surface area contributed by atoms with Crippen molar-refractivity contribution in [1.29, 1.82) is 0 Å². The van der Waals surface area contributed by atoms with Crippen LogP contribution >= 0.6 is 11.6 Å². The molecule has 6 heteroatoms. The van der Waals surface area contributed by atoms with Gasteiger partial charge in [0.2, 0.25) is 0 Å². The van der Waals surface area contributed by atoms with Crippen LogP contribution < -0.4 is 10.5 Å². The number of rotatable bonds is 3. The van der Waals surface area contributed by atoms with E-state index >= 15 is 0 Å². The van der Waals surface area contributed by atoms with Gasteiger partial charge in [0.15, 0.2) is 9.84 Å². The molecule has 1 aliphatic heterocycles. The van der Waals surface area contributed by atoms with Gasteiger partial charge in [-0.15, -0.1) is 0 Å². The van der Waals surface area contributed by atoms with Crippen LogP contribution in [-0.4, -0.2) is 26.0 Å². The van der Waals surface area contributed by atoms with E-state index in [0.717, 1.165) is 5.56 Å². The molecule has 18 heavy (non-hydrogen) atoms. The smallest absolute Gasteiger partial charge is 0.154 e. The predicted octanol–water partition coefficient (Wildman–Crippen LogP) is 1.93. The Balaban J connectivity index is 2.19. The van der Waals surface area contributed by atoms with Crippen LogP contribution in [0.3, 0.4) is 0 Å². The molecule has 1 aromatic rings. The molecule has 1 fully saturated rings. The molecule has 1 aliphatic rings. The third-order valence-corrected chi connectivity index (χ3v) is 4.92. The van der Waals surface area contributed by atoms with Crippen LogP contribution in [0.25, 0.3) is 0 Å². The Labute approximate surface area is 112 Å². The second kappa shape index (κ2) is 5.07. The highest BCUT2D eigenvalue weighted by Crippen LogP contribution is 2.29. The Hall–Kier alpha value is -0.780. The summed E-state index contributed by atoms with van der Waals surface area (Å²) in [6, 6.07) is 5.00. The molecule has 0 bridgehead atoms. The first-order chi connectivity index (χ1) is 8.37. The monoisotopic (exact) mass is 289 g/mol. The van der Waals surface area contributed by atoms with Crippen molar-refractivity contribution < 1.29 is 13.2 Å². The fraction of sp³-hybridized carbons (Fsp3) is 0.500. The maximum Gasteiger partial charge on any atom is 0.154 e. The van der Waals surface area contributed by atoms with Crippen molar-refractivity contribution >= 4 is 21.4 Å². The Bertz CT molecular complexity index is 542. The largest absolute Gasteiger partial charge is 0.489 e. The zero-order valence-electron chi connectivity index (χ0n) is 10.1. The van der Waals surface area contributed by atoms with Gasteiger partial charge in [-0.3, -0.25) is 0 Å². The number of benzene rings is 1. The molecular formula is C12H16ClNO3S. The van der Waals surface area contributed by atoms with Gasteiger partial charge in [0.1, 0.15) is 11.9 Å². The number of nitrogens with two attached hydrogens (primary N) is 1. The van der Waals surface area contributed by atoms with Gasteiger partial charge in [0.05, 0.1) is 11.5 Å². The summed E-state index contributed by atoms with van der Waals surface area (Å²) in [7, 11) is -2.94. The summed E-state index contributed by atoms with van der Waals surface area (Å²) in [5.74, 6) is 0.892. The van der Waals surface area contributed by atoms with Gasteiger partial charge in [-0.2, -0.15) is 0 Å². The predicted molar refractivity (Wildman–Crippen MR) is 71.7 cm³/mol. The van der Waals surface area contributed by atoms with Crippen molar-refractivity contribution in [2.45, 2.75) is 25.5 Å². The van der Waals surface area contributed by atoms with Crippen LogP contribution in [0.5, 0.6) is 5.75 Å². The molecule has 1 saturated heterocycles. The summed E-state index contributed by atoms with van der Waals surface area (Å²) >= 11 is 5.92. The molecule has 0 amide bonds. The van der Waals surface area contributed by atoms with E-state index in [4.69, 9.17) is 22.1 Å². The molecule has 2 N–H and O–H groups in total. The highest BCUT2D eigenvalue weighted by Gasteiger charge is 2.30. The Morgan fingerprint density at radius 3 is 2.78 bits per heavy atom. The van der Waals surface area contributed by atoms with E-state index in [9.17, 15) is 8.42 Å². The molecule has 0 saturated carbocycles. The van der Waals surface area contributed by atoms with Crippen LogP contribution in [0.15, 0.2) is 18.2 Å². The lowest BCUT2D eigenvalue weighted by molar-refractivity contribution is 0.226. The van der Waals surface area contributed by atoms with Gasteiger partial charge in [0, 0.05) is 16.6 Å². The lowest BCUT2D eigenvalue weighted by Crippen LogP contribution is -2.19. The van der Waals surface area contributed by atoms with Crippen molar-refractivity contribution in [2.75, 3.05) is 11.5 Å². The molecule has 2 atom stereocenters. The van der Waals surface area contributed by atoms with Gasteiger partial charge in [-0.1, -0.05) is 11.6 Å². The van der Waals surface area contributed by atoms with E-state index in [0.29, 0.717) is 17.2 Å². The van der Waals surface area contributed by atoms with Crippen LogP contribution in [0.2, 0.25) is 5.02 Å². The molecule has 0 aromatic heterocycles. The maximum absolute atomic E-state index is 11.4. The van der Waals surface area contributed by atoms with Crippen LogP contribution in [0.4, 0.5) is 0 Å². The minimum Gasteiger partial charge on any atom is -0.489 e. The fourth-order valence-corrected chi connectivity index (χ4v) is 3.79. The van der Waals surface area contributed by atoms with Crippen molar-refractivity contribution in [3.63, 3.8) is 0 Å². The second-order valence-electron chi connectivity index (χ2n) is 4.61. The zero-order chi connectivity index (χ0) is 13.3. The van der Waals surface area contributed by atoms with Crippen molar-refractivity contribution in [3.8, 4) is 5.75 Å². The Morgan fingerprint density at radius 1 is 1.50 bits per heavy atom. The van der Waals surface area contributed by atoms with Gasteiger partial charge in [0.25, 0.3) is 0 Å². The van der Waals surface area contributed by atoms with Gasteiger partial charge < -0.3 is 10.5 Å². The third-order valence-electron chi connectivity index (χ3n) is 2.95. The highest BCUT2D eigenvalue weighted by atomic mass is 35.5. The first-order valence-electron chi connectivity index (χ1n) is 5.79. The lowest BCUT2D eigenvalue weighted by atomic mass is 10.1. The second-order valence-corrected chi connectivity index (χ2v) is 7.28. The summed E-state index contributed by atoms with van der Waals surface area (Å²) in [4.78, 5) is 0. The number of sulfone groups is 1. The Morgan fingerprint density at radius 2 is 2.22 bits per heavy atom. The molecule has 0 spiro atoms. The van der Waals surface area contributed by atoms with Crippen molar-refractivity contribution in [1.82, 2.24) is 0 Å². The molecule has 1 aromatic carbocycles. The van der Waals surface area contributed by atoms with Gasteiger partial charge >= 0.3 is 0 Å². The summed E-state index contributed by atoms with van der Waals surface area (Å²) < 4.78 is 28.5. The molecule has 2 rings (SSSR count). The van der Waals surface area contributed by atoms with E-state index in [-0.39, 0.29) is 23.7 Å². The minimum atomic E-state index is -2.94. The van der Waals surface area contributed by atoms with E-state index in [1.807, 2.05) is 6.92 Å². The summed E-state index contributed by atoms with van der Waals surface area (Å²) in [5, 5.41) is 0.591. The summed E-state index contributed by atoms with van der Waals surface area (Å²) in [5.41, 5.74) is 6.65. The quantitative estimate of drug-likeness (QED) is 0.923. The number of hydrogen-bond acceptors (Lipinski definition) is 4. The highest BCUT2D eigenvalue weighted by molar-refractivity contribution is 7.91. The number of ether oxygens (including phenoxy) is 1. The minimum absolute atomic E-state index is 0.0774. The van der Waals surface area contributed by atoms with Crippen molar-refractivity contribution in [3.05, 3.63) is 28.8 Å². The van der Waals surface area contributed by atoms with Crippen LogP contribution in [0, 0.1) is 0 Å². The van der Waals surface area contributed by atoms with E-state index < -0.39 is 9.84 Å². The average Bonchev–Trinajstić information content (AvgIpc) is 2.60. The van der Waals surface area contributed by atoms with E-state index in [1.54, 1.807) is 18.2 Å². The topological polar surface area (TPSA) is 69.4 Å². The lowest BCUT2D eigenvalue weighted by Gasteiger charge is -2.17. The Kier molecular flexibility index (Phi) is 3.84. The molecular weight excluding hydrogens is 274 g/mol. The average molecular weight is 290 g/mol. The SMILES string of the molecule is C[C@H](N)c1cc(Cl)ccc1OC1CCS(=O)(=O)C1. The number of halogens is 1. The third kappa shape index (κ3) is 3.16. The zero-order valence-corrected chi connectivity index (χ0v) is 11.7.